The highest BCUT2D eigenvalue weighted by Gasteiger charge is 2.08. The van der Waals surface area contributed by atoms with Crippen molar-refractivity contribution in [2.24, 2.45) is 0 Å². The Morgan fingerprint density at radius 1 is 1.41 bits per heavy atom. The van der Waals surface area contributed by atoms with E-state index in [1.165, 1.54) is 0 Å². The summed E-state index contributed by atoms with van der Waals surface area (Å²) >= 11 is 7.67. The quantitative estimate of drug-likeness (QED) is 0.866. The fraction of sp³-hybridized carbons (Fsp3) is 0.364. The van der Waals surface area contributed by atoms with Gasteiger partial charge in [-0.3, -0.25) is 4.98 Å². The summed E-state index contributed by atoms with van der Waals surface area (Å²) in [5.41, 5.74) is 2.70. The van der Waals surface area contributed by atoms with Gasteiger partial charge in [-0.05, 0) is 6.92 Å². The summed E-state index contributed by atoms with van der Waals surface area (Å²) in [6, 6.07) is 0. The molecule has 0 fully saturated rings. The van der Waals surface area contributed by atoms with Gasteiger partial charge in [0.1, 0.15) is 16.8 Å². The zero-order valence-corrected chi connectivity index (χ0v) is 11.3. The molecule has 0 radical (unpaired) electrons. The van der Waals surface area contributed by atoms with Crippen LogP contribution >= 0.6 is 22.9 Å². The van der Waals surface area contributed by atoms with E-state index in [4.69, 9.17) is 11.6 Å². The number of halogens is 1. The van der Waals surface area contributed by atoms with Crippen LogP contribution in [0.4, 0.5) is 5.82 Å². The van der Waals surface area contributed by atoms with Crippen LogP contribution in [-0.4, -0.2) is 15.0 Å². The summed E-state index contributed by atoms with van der Waals surface area (Å²) in [4.78, 5) is 13.8. The Morgan fingerprint density at radius 3 is 2.88 bits per heavy atom. The van der Waals surface area contributed by atoms with Crippen molar-refractivity contribution in [3.05, 3.63) is 33.1 Å². The number of aryl methyl sites for hydroxylation is 1. The predicted octanol–water partition coefficient (Wildman–Crippen LogP) is 3.07. The van der Waals surface area contributed by atoms with Gasteiger partial charge in [-0.1, -0.05) is 18.5 Å². The normalized spacial score (nSPS) is 10.5. The van der Waals surface area contributed by atoms with Crippen LogP contribution in [-0.2, 0) is 13.0 Å². The molecule has 0 amide bonds. The molecule has 0 atom stereocenters. The molecule has 2 heterocycles. The fourth-order valence-electron chi connectivity index (χ4n) is 1.36. The molecule has 0 unspecified atom stereocenters. The summed E-state index contributed by atoms with van der Waals surface area (Å²) in [6.45, 7) is 4.63. The molecule has 4 nitrogen and oxygen atoms in total. The Balaban J connectivity index is 2.17. The minimum atomic E-state index is 0.517. The second-order valence-corrected chi connectivity index (χ2v) is 4.91. The summed E-state index contributed by atoms with van der Waals surface area (Å²) in [5.74, 6) is 1.56. The lowest BCUT2D eigenvalue weighted by Gasteiger charge is -2.09. The molecule has 90 valence electrons. The van der Waals surface area contributed by atoms with E-state index in [0.29, 0.717) is 11.7 Å². The van der Waals surface area contributed by atoms with E-state index in [0.717, 1.165) is 28.5 Å². The molecule has 2 aromatic rings. The van der Waals surface area contributed by atoms with Crippen LogP contribution in [0.3, 0.4) is 0 Å². The molecule has 0 aliphatic carbocycles. The molecule has 0 saturated heterocycles. The third-order valence-corrected chi connectivity index (χ3v) is 3.51. The molecule has 0 saturated carbocycles. The van der Waals surface area contributed by atoms with Crippen LogP contribution < -0.4 is 5.32 Å². The molecule has 2 aromatic heterocycles. The molecular formula is C11H13ClN4S. The number of hydrogen-bond donors (Lipinski definition) is 1. The van der Waals surface area contributed by atoms with Crippen LogP contribution in [0.5, 0.6) is 0 Å². The standard InChI is InChI=1S/C11H13ClN4S/c1-3-9-15-10(12)7(2)11(16-9)14-5-8-4-13-6-17-8/h4,6H,3,5H2,1-2H3,(H,14,15,16). The number of nitrogens with zero attached hydrogens (tertiary/aromatic N) is 3. The van der Waals surface area contributed by atoms with Gasteiger partial charge in [-0.2, -0.15) is 0 Å². The van der Waals surface area contributed by atoms with Gasteiger partial charge in [0.15, 0.2) is 0 Å². The molecule has 6 heteroatoms. The molecule has 17 heavy (non-hydrogen) atoms. The molecule has 0 bridgehead atoms. The lowest BCUT2D eigenvalue weighted by Crippen LogP contribution is -2.06. The highest BCUT2D eigenvalue weighted by molar-refractivity contribution is 7.09. The Hall–Kier alpha value is -1.20. The highest BCUT2D eigenvalue weighted by Crippen LogP contribution is 2.21. The number of nitrogens with one attached hydrogen (secondary N) is 1. The van der Waals surface area contributed by atoms with Crippen LogP contribution in [0.2, 0.25) is 5.15 Å². The summed E-state index contributed by atoms with van der Waals surface area (Å²) in [5, 5.41) is 3.78. The van der Waals surface area contributed by atoms with Crippen molar-refractivity contribution in [3.8, 4) is 0 Å². The van der Waals surface area contributed by atoms with Crippen molar-refractivity contribution >= 4 is 28.8 Å². The molecule has 0 aliphatic rings. The lowest BCUT2D eigenvalue weighted by atomic mass is 10.3. The summed E-state index contributed by atoms with van der Waals surface area (Å²) < 4.78 is 0. The second-order valence-electron chi connectivity index (χ2n) is 3.58. The maximum atomic E-state index is 6.06. The lowest BCUT2D eigenvalue weighted by molar-refractivity contribution is 0.924. The first-order valence-corrected chi connectivity index (χ1v) is 6.60. The monoisotopic (exact) mass is 268 g/mol. The van der Waals surface area contributed by atoms with Gasteiger partial charge < -0.3 is 5.32 Å². The van der Waals surface area contributed by atoms with E-state index in [9.17, 15) is 0 Å². The first-order chi connectivity index (χ1) is 8.20. The average molecular weight is 269 g/mol. The van der Waals surface area contributed by atoms with Gasteiger partial charge in [-0.15, -0.1) is 11.3 Å². The zero-order valence-electron chi connectivity index (χ0n) is 9.70. The Bertz CT molecular complexity index is 498. The van der Waals surface area contributed by atoms with E-state index in [2.05, 4.69) is 20.3 Å². The smallest absolute Gasteiger partial charge is 0.137 e. The summed E-state index contributed by atoms with van der Waals surface area (Å²) in [7, 11) is 0. The van der Waals surface area contributed by atoms with Crippen LogP contribution in [0.1, 0.15) is 23.2 Å². The first-order valence-electron chi connectivity index (χ1n) is 5.35. The Morgan fingerprint density at radius 2 is 2.24 bits per heavy atom. The van der Waals surface area contributed by atoms with Crippen molar-refractivity contribution in [3.63, 3.8) is 0 Å². The van der Waals surface area contributed by atoms with Gasteiger partial charge in [0.2, 0.25) is 0 Å². The molecule has 1 N–H and O–H groups in total. The average Bonchev–Trinajstić information content (AvgIpc) is 2.84. The number of anilines is 1. The fourth-order valence-corrected chi connectivity index (χ4v) is 2.08. The number of hydrogen-bond acceptors (Lipinski definition) is 5. The minimum Gasteiger partial charge on any atom is -0.365 e. The molecule has 2 rings (SSSR count). The molecular weight excluding hydrogens is 256 g/mol. The summed E-state index contributed by atoms with van der Waals surface area (Å²) in [6.07, 6.45) is 2.62. The maximum absolute atomic E-state index is 6.06. The maximum Gasteiger partial charge on any atom is 0.137 e. The van der Waals surface area contributed by atoms with E-state index in [1.807, 2.05) is 25.6 Å². The van der Waals surface area contributed by atoms with Gasteiger partial charge in [0, 0.05) is 23.1 Å². The van der Waals surface area contributed by atoms with Crippen molar-refractivity contribution in [2.75, 3.05) is 5.32 Å². The molecule has 0 aliphatic heterocycles. The number of rotatable bonds is 4. The van der Waals surface area contributed by atoms with Crippen LogP contribution in [0.15, 0.2) is 11.7 Å². The zero-order chi connectivity index (χ0) is 12.3. The van der Waals surface area contributed by atoms with E-state index < -0.39 is 0 Å². The second kappa shape index (κ2) is 5.42. The van der Waals surface area contributed by atoms with Gasteiger partial charge in [0.25, 0.3) is 0 Å². The Labute approximate surface area is 109 Å². The van der Waals surface area contributed by atoms with Crippen molar-refractivity contribution in [1.29, 1.82) is 0 Å². The van der Waals surface area contributed by atoms with E-state index in [-0.39, 0.29) is 0 Å². The number of thiazole rings is 1. The van der Waals surface area contributed by atoms with Crippen LogP contribution in [0.25, 0.3) is 0 Å². The Kier molecular flexibility index (Phi) is 3.91. The highest BCUT2D eigenvalue weighted by atomic mass is 35.5. The third kappa shape index (κ3) is 2.92. The topological polar surface area (TPSA) is 50.7 Å². The van der Waals surface area contributed by atoms with E-state index in [1.54, 1.807) is 11.3 Å². The van der Waals surface area contributed by atoms with Gasteiger partial charge in [0.05, 0.1) is 12.1 Å². The van der Waals surface area contributed by atoms with Crippen LogP contribution in [0, 0.1) is 6.92 Å². The van der Waals surface area contributed by atoms with Gasteiger partial charge in [-0.25, -0.2) is 9.97 Å². The van der Waals surface area contributed by atoms with Crippen molar-refractivity contribution in [1.82, 2.24) is 15.0 Å². The first kappa shape index (κ1) is 12.3. The SMILES string of the molecule is CCc1nc(Cl)c(C)c(NCc2cncs2)n1. The molecule has 0 aromatic carbocycles. The van der Waals surface area contributed by atoms with E-state index >= 15 is 0 Å². The van der Waals surface area contributed by atoms with Crippen molar-refractivity contribution in [2.45, 2.75) is 26.8 Å². The minimum absolute atomic E-state index is 0.517. The number of aromatic nitrogens is 3. The van der Waals surface area contributed by atoms with Crippen molar-refractivity contribution < 1.29 is 0 Å². The predicted molar refractivity (Wildman–Crippen MR) is 70.6 cm³/mol. The van der Waals surface area contributed by atoms with Gasteiger partial charge >= 0.3 is 0 Å². The molecule has 0 spiro atoms. The third-order valence-electron chi connectivity index (χ3n) is 2.36. The largest absolute Gasteiger partial charge is 0.365 e.